The van der Waals surface area contributed by atoms with Crippen LogP contribution >= 0.6 is 0 Å². The number of aromatic nitrogens is 3. The molecule has 0 spiro atoms. The highest BCUT2D eigenvalue weighted by Gasteiger charge is 2.10. The molecule has 0 aliphatic carbocycles. The molecular weight excluding hydrogens is 364 g/mol. The number of H-pyrrole nitrogens is 2. The van der Waals surface area contributed by atoms with Gasteiger partial charge < -0.3 is 15.3 Å². The maximum atomic E-state index is 12.2. The number of nitrogens with zero attached hydrogens (tertiary/aromatic N) is 1. The largest absolute Gasteiger partial charge is 0.352 e. The number of amides is 1. The summed E-state index contributed by atoms with van der Waals surface area (Å²) in [5, 5.41) is 3.54. The molecule has 2 aromatic heterocycles. The SMILES string of the molecule is CCC.Cc1nc2[nH]cc(CCc3ccc(C(=O)NCC(C)C)cc3)c2c(=O)[nH]1. The third-order valence-electron chi connectivity index (χ3n) is 4.31. The standard InChI is InChI=1S/C20H24N4O2.C3H8/c1-12(2)10-22-19(25)15-7-4-14(5-8-15)6-9-16-11-21-18-17(16)20(26)24-13(3)23-18;1-3-2/h4-5,7-8,11-12H,6,9-10H2,1-3H3,(H,22,25)(H2,21,23,24,26);3H2,1-2H3. The van der Waals surface area contributed by atoms with E-state index in [-0.39, 0.29) is 11.5 Å². The van der Waals surface area contributed by atoms with E-state index in [1.807, 2.05) is 30.5 Å². The highest BCUT2D eigenvalue weighted by atomic mass is 16.1. The molecule has 0 saturated heterocycles. The Morgan fingerprint density at radius 3 is 2.41 bits per heavy atom. The van der Waals surface area contributed by atoms with Crippen molar-refractivity contribution >= 4 is 16.9 Å². The topological polar surface area (TPSA) is 90.6 Å². The molecule has 0 atom stereocenters. The molecule has 1 amide bonds. The Hall–Kier alpha value is -2.89. The van der Waals surface area contributed by atoms with Gasteiger partial charge in [-0.2, -0.15) is 0 Å². The average Bonchev–Trinajstić information content (AvgIpc) is 3.08. The number of hydrogen-bond donors (Lipinski definition) is 3. The molecule has 6 nitrogen and oxygen atoms in total. The molecule has 0 aliphatic rings. The van der Waals surface area contributed by atoms with Crippen LogP contribution in [0.2, 0.25) is 0 Å². The van der Waals surface area contributed by atoms with Gasteiger partial charge in [0.2, 0.25) is 0 Å². The lowest BCUT2D eigenvalue weighted by Gasteiger charge is -2.08. The van der Waals surface area contributed by atoms with Crippen LogP contribution in [0.3, 0.4) is 0 Å². The summed E-state index contributed by atoms with van der Waals surface area (Å²) < 4.78 is 0. The summed E-state index contributed by atoms with van der Waals surface area (Å²) in [6.07, 6.45) is 4.61. The Labute approximate surface area is 172 Å². The van der Waals surface area contributed by atoms with Crippen molar-refractivity contribution in [2.24, 2.45) is 5.92 Å². The summed E-state index contributed by atoms with van der Waals surface area (Å²) in [5.41, 5.74) is 3.25. The predicted molar refractivity (Wildman–Crippen MR) is 118 cm³/mol. The number of fused-ring (bicyclic) bond motifs is 1. The monoisotopic (exact) mass is 396 g/mol. The van der Waals surface area contributed by atoms with Gasteiger partial charge in [0.15, 0.2) is 0 Å². The summed E-state index contributed by atoms with van der Waals surface area (Å²) in [6.45, 7) is 10.8. The van der Waals surface area contributed by atoms with Gasteiger partial charge in [0.25, 0.3) is 11.5 Å². The van der Waals surface area contributed by atoms with Crippen molar-refractivity contribution in [1.29, 1.82) is 0 Å². The molecule has 29 heavy (non-hydrogen) atoms. The van der Waals surface area contributed by atoms with E-state index in [4.69, 9.17) is 0 Å². The van der Waals surface area contributed by atoms with Crippen molar-refractivity contribution in [3.8, 4) is 0 Å². The quantitative estimate of drug-likeness (QED) is 0.585. The molecule has 2 heterocycles. The number of aryl methyl sites for hydroxylation is 3. The number of nitrogens with one attached hydrogen (secondary N) is 3. The van der Waals surface area contributed by atoms with Crippen molar-refractivity contribution in [2.45, 2.75) is 53.9 Å². The molecule has 3 aromatic rings. The van der Waals surface area contributed by atoms with Crippen LogP contribution in [0, 0.1) is 12.8 Å². The van der Waals surface area contributed by atoms with Crippen molar-refractivity contribution in [1.82, 2.24) is 20.3 Å². The first-order valence-electron chi connectivity index (χ1n) is 10.3. The zero-order valence-electron chi connectivity index (χ0n) is 18.1. The number of carbonyl (C=O) groups excluding carboxylic acids is 1. The maximum absolute atomic E-state index is 12.2. The van der Waals surface area contributed by atoms with Crippen molar-refractivity contribution < 1.29 is 4.79 Å². The van der Waals surface area contributed by atoms with E-state index in [2.05, 4.69) is 48.0 Å². The van der Waals surface area contributed by atoms with E-state index < -0.39 is 0 Å². The third-order valence-corrected chi connectivity index (χ3v) is 4.31. The lowest BCUT2D eigenvalue weighted by molar-refractivity contribution is 0.0949. The van der Waals surface area contributed by atoms with Gasteiger partial charge >= 0.3 is 0 Å². The lowest BCUT2D eigenvalue weighted by atomic mass is 10.0. The molecule has 3 N–H and O–H groups in total. The Bertz CT molecular complexity index is 984. The van der Waals surface area contributed by atoms with Gasteiger partial charge in [-0.05, 0) is 48.9 Å². The van der Waals surface area contributed by atoms with Crippen LogP contribution in [0.1, 0.15) is 61.4 Å². The first-order chi connectivity index (χ1) is 13.8. The molecule has 3 rings (SSSR count). The van der Waals surface area contributed by atoms with Crippen LogP contribution < -0.4 is 10.9 Å². The molecule has 1 aromatic carbocycles. The molecule has 0 aliphatic heterocycles. The third kappa shape index (κ3) is 6.31. The molecule has 0 fully saturated rings. The molecular formula is C23H32N4O2. The van der Waals surface area contributed by atoms with Crippen molar-refractivity contribution in [3.63, 3.8) is 0 Å². The average molecular weight is 397 g/mol. The number of aromatic amines is 2. The summed E-state index contributed by atoms with van der Waals surface area (Å²) >= 11 is 0. The van der Waals surface area contributed by atoms with E-state index in [0.717, 1.165) is 24.0 Å². The van der Waals surface area contributed by atoms with E-state index in [0.29, 0.717) is 34.9 Å². The zero-order chi connectivity index (χ0) is 21.4. The summed E-state index contributed by atoms with van der Waals surface area (Å²) in [7, 11) is 0. The first-order valence-corrected chi connectivity index (χ1v) is 10.3. The second-order valence-electron chi connectivity index (χ2n) is 7.70. The minimum Gasteiger partial charge on any atom is -0.352 e. The summed E-state index contributed by atoms with van der Waals surface area (Å²) in [5.74, 6) is 0.980. The maximum Gasteiger partial charge on any atom is 0.260 e. The number of rotatable bonds is 6. The van der Waals surface area contributed by atoms with Crippen LogP contribution in [0.5, 0.6) is 0 Å². The second-order valence-corrected chi connectivity index (χ2v) is 7.70. The summed E-state index contributed by atoms with van der Waals surface area (Å²) in [4.78, 5) is 34.4. The van der Waals surface area contributed by atoms with Gasteiger partial charge in [-0.3, -0.25) is 9.59 Å². The van der Waals surface area contributed by atoms with E-state index in [9.17, 15) is 9.59 Å². The highest BCUT2D eigenvalue weighted by molar-refractivity contribution is 5.94. The van der Waals surface area contributed by atoms with Crippen LogP contribution in [0.4, 0.5) is 0 Å². The van der Waals surface area contributed by atoms with Gasteiger partial charge in [-0.1, -0.05) is 46.2 Å². The lowest BCUT2D eigenvalue weighted by Crippen LogP contribution is -2.27. The first kappa shape index (κ1) is 22.4. The van der Waals surface area contributed by atoms with Crippen molar-refractivity contribution in [2.75, 3.05) is 6.54 Å². The van der Waals surface area contributed by atoms with Crippen LogP contribution in [0.25, 0.3) is 11.0 Å². The van der Waals surface area contributed by atoms with Gasteiger partial charge in [0.1, 0.15) is 11.5 Å². The summed E-state index contributed by atoms with van der Waals surface area (Å²) in [6, 6.07) is 7.62. The minimum absolute atomic E-state index is 0.0464. The fourth-order valence-electron chi connectivity index (χ4n) is 2.91. The minimum atomic E-state index is -0.110. The normalized spacial score (nSPS) is 10.7. The van der Waals surface area contributed by atoms with Gasteiger partial charge in [-0.25, -0.2) is 4.98 Å². The van der Waals surface area contributed by atoms with E-state index in [1.54, 1.807) is 6.92 Å². The molecule has 156 valence electrons. The number of benzene rings is 1. The Morgan fingerprint density at radius 2 is 1.79 bits per heavy atom. The number of hydrogen-bond acceptors (Lipinski definition) is 3. The van der Waals surface area contributed by atoms with Gasteiger partial charge in [0, 0.05) is 18.3 Å². The van der Waals surface area contributed by atoms with Crippen LogP contribution in [-0.2, 0) is 12.8 Å². The molecule has 0 bridgehead atoms. The highest BCUT2D eigenvalue weighted by Crippen LogP contribution is 2.15. The van der Waals surface area contributed by atoms with Crippen molar-refractivity contribution in [3.05, 3.63) is 63.3 Å². The molecule has 0 unspecified atom stereocenters. The fourth-order valence-corrected chi connectivity index (χ4v) is 2.91. The Kier molecular flexibility index (Phi) is 8.19. The van der Waals surface area contributed by atoms with Crippen LogP contribution in [-0.4, -0.2) is 27.4 Å². The molecule has 0 radical (unpaired) electrons. The molecule has 0 saturated carbocycles. The van der Waals surface area contributed by atoms with Gasteiger partial charge in [-0.15, -0.1) is 0 Å². The molecule has 6 heteroatoms. The predicted octanol–water partition coefficient (Wildman–Crippen LogP) is 4.15. The van der Waals surface area contributed by atoms with Crippen LogP contribution in [0.15, 0.2) is 35.3 Å². The van der Waals surface area contributed by atoms with E-state index in [1.165, 1.54) is 6.42 Å². The fraction of sp³-hybridized carbons (Fsp3) is 0.435. The smallest absolute Gasteiger partial charge is 0.260 e. The number of carbonyl (C=O) groups is 1. The Morgan fingerprint density at radius 1 is 1.14 bits per heavy atom. The van der Waals surface area contributed by atoms with E-state index >= 15 is 0 Å². The van der Waals surface area contributed by atoms with Gasteiger partial charge in [0.05, 0.1) is 5.39 Å². The zero-order valence-corrected chi connectivity index (χ0v) is 18.1. The second kappa shape index (κ2) is 10.6. The Balaban J connectivity index is 0.000000941.